The van der Waals surface area contributed by atoms with Crippen LogP contribution in [0.15, 0.2) is 36.4 Å². The van der Waals surface area contributed by atoms with Crippen molar-refractivity contribution >= 4 is 34.3 Å². The first-order valence-corrected chi connectivity index (χ1v) is 14.6. The molecule has 2 aromatic carbocycles. The molecule has 9 heteroatoms. The van der Waals surface area contributed by atoms with E-state index in [0.717, 1.165) is 60.1 Å². The fraction of sp³-hybridized carbons (Fsp3) is 0.469. The van der Waals surface area contributed by atoms with E-state index in [1.165, 1.54) is 31.4 Å². The number of primary amides is 2. The predicted octanol–water partition coefficient (Wildman–Crippen LogP) is 5.13. The van der Waals surface area contributed by atoms with Crippen LogP contribution in [0.25, 0.3) is 22.0 Å². The lowest BCUT2D eigenvalue weighted by Gasteiger charge is -2.30. The zero-order valence-electron chi connectivity index (χ0n) is 23.9. The third-order valence-corrected chi connectivity index (χ3v) is 8.50. The van der Waals surface area contributed by atoms with Gasteiger partial charge in [0.25, 0.3) is 5.91 Å². The monoisotopic (exact) mass is 561 g/mol. The largest absolute Gasteiger partial charge is 0.382 e. The Morgan fingerprint density at radius 3 is 2.39 bits per heavy atom. The maximum Gasteiger partial charge on any atom is 0.250 e. The highest BCUT2D eigenvalue weighted by molar-refractivity contribution is 6.06. The van der Waals surface area contributed by atoms with Crippen LogP contribution in [0.3, 0.4) is 0 Å². The molecule has 1 aliphatic carbocycles. The van der Waals surface area contributed by atoms with Gasteiger partial charge in [-0.1, -0.05) is 39.2 Å². The molecule has 3 aliphatic rings. The van der Waals surface area contributed by atoms with E-state index in [1.807, 2.05) is 12.1 Å². The Bertz CT molecular complexity index is 1480. The van der Waals surface area contributed by atoms with Crippen LogP contribution in [-0.4, -0.2) is 40.9 Å². The lowest BCUT2D eigenvalue weighted by atomic mass is 9.80. The maximum absolute atomic E-state index is 14.2. The van der Waals surface area contributed by atoms with E-state index in [2.05, 4.69) is 24.5 Å². The minimum atomic E-state index is -0.470. The van der Waals surface area contributed by atoms with E-state index in [9.17, 15) is 18.8 Å². The van der Waals surface area contributed by atoms with E-state index in [1.54, 1.807) is 16.7 Å². The smallest absolute Gasteiger partial charge is 0.250 e. The standard InChI is InChI=1S/C27H30FN3O2.C5H10N2O/c1-27(2)14-23-25(20-11-9-17(28)13-22(20)31(23)24(32)15-27)16-8-10-19(26(29)33)21(12-16)30-18-6-4-3-5-7-18;6-5(8)4-2-1-3-7-4/h8-13,18,30H,3-7,14-15H2,1-2H3,(H2,29,33);4,7H,1-3H2,(H2,6,8). The fourth-order valence-electron chi connectivity index (χ4n) is 6.52. The van der Waals surface area contributed by atoms with Gasteiger partial charge in [-0.3, -0.25) is 19.0 Å². The SMILES string of the molecule is CC1(C)CC(=O)n2c(c(-c3ccc(C(N)=O)c(NC4CCCCC4)c3)c3ccc(F)cc32)C1.NC(=O)C1CCCN1. The van der Waals surface area contributed by atoms with Gasteiger partial charge in [-0.15, -0.1) is 0 Å². The van der Waals surface area contributed by atoms with E-state index in [4.69, 9.17) is 11.5 Å². The summed E-state index contributed by atoms with van der Waals surface area (Å²) < 4.78 is 15.9. The van der Waals surface area contributed by atoms with Crippen molar-refractivity contribution in [3.8, 4) is 11.1 Å². The van der Waals surface area contributed by atoms with E-state index >= 15 is 0 Å². The molecule has 6 N–H and O–H groups in total. The molecule has 1 atom stereocenters. The molecule has 0 spiro atoms. The summed E-state index contributed by atoms with van der Waals surface area (Å²) in [5.41, 5.74) is 15.0. The number of carbonyl (C=O) groups is 3. The first kappa shape index (κ1) is 28.8. The Morgan fingerprint density at radius 2 is 1.76 bits per heavy atom. The van der Waals surface area contributed by atoms with Gasteiger partial charge in [0.2, 0.25) is 11.8 Å². The van der Waals surface area contributed by atoms with Crippen LogP contribution >= 0.6 is 0 Å². The Balaban J connectivity index is 0.000000365. The number of carbonyl (C=O) groups excluding carboxylic acids is 3. The molecule has 0 radical (unpaired) electrons. The van der Waals surface area contributed by atoms with Crippen molar-refractivity contribution in [3.05, 3.63) is 53.5 Å². The summed E-state index contributed by atoms with van der Waals surface area (Å²) in [6, 6.07) is 10.5. The first-order valence-electron chi connectivity index (χ1n) is 14.6. The molecule has 1 aromatic heterocycles. The molecule has 2 fully saturated rings. The fourth-order valence-corrected chi connectivity index (χ4v) is 6.52. The zero-order chi connectivity index (χ0) is 29.3. The van der Waals surface area contributed by atoms with E-state index < -0.39 is 5.91 Å². The number of aromatic nitrogens is 1. The minimum absolute atomic E-state index is 0.0163. The van der Waals surface area contributed by atoms with Gasteiger partial charge >= 0.3 is 0 Å². The van der Waals surface area contributed by atoms with Gasteiger partial charge in [0.05, 0.1) is 17.1 Å². The summed E-state index contributed by atoms with van der Waals surface area (Å²) in [7, 11) is 0. The molecular formula is C32H40FN5O3. The molecule has 1 saturated heterocycles. The summed E-state index contributed by atoms with van der Waals surface area (Å²) in [6.07, 6.45) is 8.81. The van der Waals surface area contributed by atoms with Crippen molar-refractivity contribution in [1.29, 1.82) is 0 Å². The highest BCUT2D eigenvalue weighted by atomic mass is 19.1. The van der Waals surface area contributed by atoms with Crippen LogP contribution in [0.1, 0.15) is 86.1 Å². The number of rotatable bonds is 5. The lowest BCUT2D eigenvalue weighted by Crippen LogP contribution is -2.36. The number of hydrogen-bond acceptors (Lipinski definition) is 5. The summed E-state index contributed by atoms with van der Waals surface area (Å²) in [5, 5.41) is 7.38. The van der Waals surface area contributed by atoms with Crippen LogP contribution in [0, 0.1) is 11.2 Å². The number of halogens is 1. The Kier molecular flexibility index (Phi) is 8.18. The molecule has 6 rings (SSSR count). The molecule has 1 saturated carbocycles. The third kappa shape index (κ3) is 6.15. The second-order valence-corrected chi connectivity index (χ2v) is 12.4. The number of nitrogens with zero attached hydrogens (tertiary/aromatic N) is 1. The molecule has 8 nitrogen and oxygen atoms in total. The van der Waals surface area contributed by atoms with Gasteiger partial charge in [-0.05, 0) is 80.0 Å². The van der Waals surface area contributed by atoms with Crippen molar-refractivity contribution in [2.45, 2.75) is 83.7 Å². The van der Waals surface area contributed by atoms with Gasteiger partial charge in [-0.2, -0.15) is 0 Å². The Hall–Kier alpha value is -3.72. The quantitative estimate of drug-likeness (QED) is 0.343. The first-order chi connectivity index (χ1) is 19.5. The second-order valence-electron chi connectivity index (χ2n) is 12.4. The summed E-state index contributed by atoms with van der Waals surface area (Å²) >= 11 is 0. The molecule has 1 unspecified atom stereocenters. The van der Waals surface area contributed by atoms with Crippen molar-refractivity contribution < 1.29 is 18.8 Å². The zero-order valence-corrected chi connectivity index (χ0v) is 23.9. The molecule has 3 aromatic rings. The van der Waals surface area contributed by atoms with Crippen molar-refractivity contribution in [2.24, 2.45) is 16.9 Å². The highest BCUT2D eigenvalue weighted by Gasteiger charge is 2.35. The van der Waals surface area contributed by atoms with Crippen LogP contribution in [0.2, 0.25) is 0 Å². The average Bonchev–Trinajstić information content (AvgIpc) is 3.55. The molecule has 218 valence electrons. The van der Waals surface area contributed by atoms with Crippen LogP contribution in [-0.2, 0) is 11.2 Å². The molecule has 2 amide bonds. The number of nitrogens with one attached hydrogen (secondary N) is 2. The molecule has 3 heterocycles. The lowest BCUT2D eigenvalue weighted by molar-refractivity contribution is -0.119. The maximum atomic E-state index is 14.2. The average molecular weight is 562 g/mol. The van der Waals surface area contributed by atoms with E-state index in [0.29, 0.717) is 30.0 Å². The Labute approximate surface area is 240 Å². The Morgan fingerprint density at radius 1 is 1.00 bits per heavy atom. The number of benzene rings is 2. The van der Waals surface area contributed by atoms with Crippen LogP contribution in [0.5, 0.6) is 0 Å². The second kappa shape index (κ2) is 11.6. The highest BCUT2D eigenvalue weighted by Crippen LogP contribution is 2.43. The summed E-state index contributed by atoms with van der Waals surface area (Å²) in [4.78, 5) is 35.6. The minimum Gasteiger partial charge on any atom is -0.382 e. The normalized spacial score (nSPS) is 20.3. The number of anilines is 1. The number of amides is 2. The topological polar surface area (TPSA) is 132 Å². The molecule has 0 bridgehead atoms. The van der Waals surface area contributed by atoms with Gasteiger partial charge in [0, 0.05) is 34.8 Å². The molecule has 41 heavy (non-hydrogen) atoms. The van der Waals surface area contributed by atoms with Crippen LogP contribution in [0.4, 0.5) is 10.1 Å². The van der Waals surface area contributed by atoms with Gasteiger partial charge < -0.3 is 22.1 Å². The van der Waals surface area contributed by atoms with Crippen molar-refractivity contribution in [2.75, 3.05) is 11.9 Å². The van der Waals surface area contributed by atoms with Gasteiger partial charge in [-0.25, -0.2) is 4.39 Å². The van der Waals surface area contributed by atoms with Gasteiger partial charge in [0.1, 0.15) is 5.82 Å². The van der Waals surface area contributed by atoms with E-state index in [-0.39, 0.29) is 29.1 Å². The summed E-state index contributed by atoms with van der Waals surface area (Å²) in [6.45, 7) is 5.11. The van der Waals surface area contributed by atoms with Gasteiger partial charge in [0.15, 0.2) is 0 Å². The number of nitrogens with two attached hydrogens (primary N) is 2. The van der Waals surface area contributed by atoms with Crippen molar-refractivity contribution in [3.63, 3.8) is 0 Å². The van der Waals surface area contributed by atoms with Crippen LogP contribution < -0.4 is 22.1 Å². The summed E-state index contributed by atoms with van der Waals surface area (Å²) in [5.74, 6) is -1.07. The third-order valence-electron chi connectivity index (χ3n) is 8.50. The molecular weight excluding hydrogens is 521 g/mol. The number of hydrogen-bond donors (Lipinski definition) is 4. The predicted molar refractivity (Wildman–Crippen MR) is 159 cm³/mol. The number of fused-ring (bicyclic) bond motifs is 3. The molecule has 2 aliphatic heterocycles. The van der Waals surface area contributed by atoms with Crippen molar-refractivity contribution in [1.82, 2.24) is 9.88 Å².